The fourth-order valence-electron chi connectivity index (χ4n) is 2.11. The predicted molar refractivity (Wildman–Crippen MR) is 59.1 cm³/mol. The molecule has 1 aliphatic heterocycles. The molecule has 0 atom stereocenters. The van der Waals surface area contributed by atoms with Gasteiger partial charge in [0.2, 0.25) is 0 Å². The van der Waals surface area contributed by atoms with Crippen LogP contribution < -0.4 is 0 Å². The predicted octanol–water partition coefficient (Wildman–Crippen LogP) is 1.84. The molecule has 16 heavy (non-hydrogen) atoms. The highest BCUT2D eigenvalue weighted by Gasteiger charge is 2.22. The second kappa shape index (κ2) is 4.70. The van der Waals surface area contributed by atoms with Crippen LogP contribution in [0.3, 0.4) is 0 Å². The number of carbonyl (C=O) groups excluding carboxylic acids is 1. The van der Waals surface area contributed by atoms with Crippen LogP contribution in [0.5, 0.6) is 0 Å². The molecule has 0 amide bonds. The Morgan fingerprint density at radius 1 is 1.50 bits per heavy atom. The average Bonchev–Trinajstić information content (AvgIpc) is 2.30. The van der Waals surface area contributed by atoms with Gasteiger partial charge in [0.15, 0.2) is 6.29 Å². The van der Waals surface area contributed by atoms with Gasteiger partial charge in [-0.3, -0.25) is 9.78 Å². The average molecular weight is 222 g/mol. The van der Waals surface area contributed by atoms with E-state index in [1.807, 2.05) is 0 Å². The molecule has 0 saturated carbocycles. The molecule has 2 rings (SSSR count). The van der Waals surface area contributed by atoms with Crippen molar-refractivity contribution in [2.45, 2.75) is 18.8 Å². The molecule has 0 aliphatic carbocycles. The van der Waals surface area contributed by atoms with E-state index in [2.05, 4.69) is 16.9 Å². The lowest BCUT2D eigenvalue weighted by atomic mass is 9.93. The van der Waals surface area contributed by atoms with Gasteiger partial charge >= 0.3 is 0 Å². The number of carbonyl (C=O) groups is 1. The standard InChI is InChI=1S/C12H15FN2O/c1-15-4-2-10(3-5-15)12-11(13)6-9(8-16)7-14-12/h6-8,10H,2-5H2,1H3. The molecule has 0 N–H and O–H groups in total. The van der Waals surface area contributed by atoms with E-state index in [1.165, 1.54) is 12.3 Å². The minimum atomic E-state index is -0.348. The molecule has 1 fully saturated rings. The number of aromatic nitrogens is 1. The Balaban J connectivity index is 2.17. The number of pyridine rings is 1. The number of likely N-dealkylation sites (tertiary alicyclic amines) is 1. The Morgan fingerprint density at radius 2 is 2.19 bits per heavy atom. The van der Waals surface area contributed by atoms with Crippen molar-refractivity contribution in [3.05, 3.63) is 29.3 Å². The summed E-state index contributed by atoms with van der Waals surface area (Å²) in [5.74, 6) is -0.156. The minimum Gasteiger partial charge on any atom is -0.306 e. The fourth-order valence-corrected chi connectivity index (χ4v) is 2.11. The van der Waals surface area contributed by atoms with Gasteiger partial charge < -0.3 is 4.90 Å². The van der Waals surface area contributed by atoms with Crippen LogP contribution >= 0.6 is 0 Å². The molecule has 1 saturated heterocycles. The summed E-state index contributed by atoms with van der Waals surface area (Å²) < 4.78 is 13.7. The smallest absolute Gasteiger partial charge is 0.151 e. The maximum atomic E-state index is 13.7. The molecule has 1 aliphatic rings. The summed E-state index contributed by atoms with van der Waals surface area (Å²) >= 11 is 0. The zero-order valence-corrected chi connectivity index (χ0v) is 9.32. The first-order valence-electron chi connectivity index (χ1n) is 5.50. The van der Waals surface area contributed by atoms with Gasteiger partial charge in [-0.25, -0.2) is 4.39 Å². The van der Waals surface area contributed by atoms with Crippen molar-refractivity contribution >= 4 is 6.29 Å². The van der Waals surface area contributed by atoms with Gasteiger partial charge in [0.25, 0.3) is 0 Å². The molecule has 2 heterocycles. The highest BCUT2D eigenvalue weighted by atomic mass is 19.1. The first-order chi connectivity index (χ1) is 7.70. The van der Waals surface area contributed by atoms with Gasteiger partial charge in [0.1, 0.15) is 5.82 Å². The van der Waals surface area contributed by atoms with Crippen molar-refractivity contribution in [3.8, 4) is 0 Å². The van der Waals surface area contributed by atoms with Crippen molar-refractivity contribution in [3.63, 3.8) is 0 Å². The van der Waals surface area contributed by atoms with Crippen LogP contribution in [0.1, 0.15) is 34.8 Å². The summed E-state index contributed by atoms with van der Waals surface area (Å²) in [5, 5.41) is 0. The van der Waals surface area contributed by atoms with Crippen LogP contribution in [-0.4, -0.2) is 36.3 Å². The highest BCUT2D eigenvalue weighted by molar-refractivity contribution is 5.74. The molecule has 0 unspecified atom stereocenters. The molecule has 86 valence electrons. The topological polar surface area (TPSA) is 33.2 Å². The lowest BCUT2D eigenvalue weighted by Gasteiger charge is -2.28. The minimum absolute atomic E-state index is 0.192. The zero-order chi connectivity index (χ0) is 11.5. The van der Waals surface area contributed by atoms with E-state index in [9.17, 15) is 9.18 Å². The maximum Gasteiger partial charge on any atom is 0.151 e. The molecular weight excluding hydrogens is 207 g/mol. The molecule has 0 aromatic carbocycles. The van der Waals surface area contributed by atoms with E-state index < -0.39 is 0 Å². The van der Waals surface area contributed by atoms with Crippen LogP contribution in [0.2, 0.25) is 0 Å². The van der Waals surface area contributed by atoms with Crippen molar-refractivity contribution in [1.82, 2.24) is 9.88 Å². The van der Waals surface area contributed by atoms with Gasteiger partial charge in [-0.15, -0.1) is 0 Å². The summed E-state index contributed by atoms with van der Waals surface area (Å²) in [6.07, 6.45) is 3.93. The lowest BCUT2D eigenvalue weighted by Crippen LogP contribution is -2.29. The maximum absolute atomic E-state index is 13.7. The summed E-state index contributed by atoms with van der Waals surface area (Å²) in [7, 11) is 2.06. The SMILES string of the molecule is CN1CCC(c2ncc(C=O)cc2F)CC1. The Kier molecular flexibility index (Phi) is 3.29. The first kappa shape index (κ1) is 11.2. The van der Waals surface area contributed by atoms with Crippen molar-refractivity contribution in [1.29, 1.82) is 0 Å². The summed E-state index contributed by atoms with van der Waals surface area (Å²) in [5.41, 5.74) is 0.813. The third-order valence-electron chi connectivity index (χ3n) is 3.13. The third kappa shape index (κ3) is 2.27. The van der Waals surface area contributed by atoms with E-state index >= 15 is 0 Å². The molecule has 3 nitrogen and oxygen atoms in total. The number of hydrogen-bond donors (Lipinski definition) is 0. The monoisotopic (exact) mass is 222 g/mol. The molecule has 0 radical (unpaired) electrons. The summed E-state index contributed by atoms with van der Waals surface area (Å²) in [4.78, 5) is 16.8. The number of halogens is 1. The van der Waals surface area contributed by atoms with Gasteiger partial charge in [-0.1, -0.05) is 0 Å². The molecule has 0 spiro atoms. The lowest BCUT2D eigenvalue weighted by molar-refractivity contribution is 0.112. The highest BCUT2D eigenvalue weighted by Crippen LogP contribution is 2.27. The second-order valence-electron chi connectivity index (χ2n) is 4.33. The quantitative estimate of drug-likeness (QED) is 0.716. The van der Waals surface area contributed by atoms with Crippen LogP contribution in [-0.2, 0) is 0 Å². The largest absolute Gasteiger partial charge is 0.306 e. The van der Waals surface area contributed by atoms with Gasteiger partial charge in [-0.2, -0.15) is 0 Å². The van der Waals surface area contributed by atoms with E-state index in [4.69, 9.17) is 0 Å². The normalized spacial score (nSPS) is 18.6. The Hall–Kier alpha value is -1.29. The Labute approximate surface area is 94.3 Å². The Bertz CT molecular complexity index is 387. The summed E-state index contributed by atoms with van der Waals surface area (Å²) in [6.45, 7) is 1.95. The van der Waals surface area contributed by atoms with Crippen molar-refractivity contribution in [2.24, 2.45) is 0 Å². The molecule has 0 bridgehead atoms. The number of rotatable bonds is 2. The number of hydrogen-bond acceptors (Lipinski definition) is 3. The van der Waals surface area contributed by atoms with Crippen LogP contribution in [0.4, 0.5) is 4.39 Å². The van der Waals surface area contributed by atoms with Gasteiger partial charge in [0.05, 0.1) is 5.69 Å². The van der Waals surface area contributed by atoms with Crippen LogP contribution in [0.25, 0.3) is 0 Å². The Morgan fingerprint density at radius 3 is 2.75 bits per heavy atom. The molecule has 4 heteroatoms. The van der Waals surface area contributed by atoms with Crippen molar-refractivity contribution in [2.75, 3.05) is 20.1 Å². The van der Waals surface area contributed by atoms with Crippen LogP contribution in [0, 0.1) is 5.82 Å². The van der Waals surface area contributed by atoms with E-state index in [1.54, 1.807) is 0 Å². The third-order valence-corrected chi connectivity index (χ3v) is 3.13. The summed E-state index contributed by atoms with van der Waals surface area (Å²) in [6, 6.07) is 1.27. The van der Waals surface area contributed by atoms with E-state index in [0.29, 0.717) is 17.5 Å². The zero-order valence-electron chi connectivity index (χ0n) is 9.32. The van der Waals surface area contributed by atoms with Gasteiger partial charge in [-0.05, 0) is 39.0 Å². The van der Waals surface area contributed by atoms with Crippen molar-refractivity contribution < 1.29 is 9.18 Å². The fraction of sp³-hybridized carbons (Fsp3) is 0.500. The van der Waals surface area contributed by atoms with Crippen LogP contribution in [0.15, 0.2) is 12.3 Å². The van der Waals surface area contributed by atoms with E-state index in [-0.39, 0.29) is 11.7 Å². The second-order valence-corrected chi connectivity index (χ2v) is 4.33. The number of aldehydes is 1. The molecule has 1 aromatic rings. The number of piperidine rings is 1. The molecular formula is C12H15FN2O. The molecule has 1 aromatic heterocycles. The van der Waals surface area contributed by atoms with Gasteiger partial charge in [0, 0.05) is 17.7 Å². The number of nitrogens with zero attached hydrogens (tertiary/aromatic N) is 2. The van der Waals surface area contributed by atoms with E-state index in [0.717, 1.165) is 25.9 Å². The first-order valence-corrected chi connectivity index (χ1v) is 5.50.